The first-order valence-corrected chi connectivity index (χ1v) is 8.02. The lowest BCUT2D eigenvalue weighted by Gasteiger charge is -2.28. The summed E-state index contributed by atoms with van der Waals surface area (Å²) < 4.78 is 11.6. The van der Waals surface area contributed by atoms with Gasteiger partial charge in [-0.1, -0.05) is 18.2 Å². The average molecular weight is 345 g/mol. The van der Waals surface area contributed by atoms with Gasteiger partial charge >= 0.3 is 5.97 Å². The Morgan fingerprint density at radius 1 is 1.20 bits per heavy atom. The van der Waals surface area contributed by atoms with Gasteiger partial charge < -0.3 is 14.4 Å². The Morgan fingerprint density at radius 2 is 1.84 bits per heavy atom. The van der Waals surface area contributed by atoms with E-state index in [1.165, 1.54) is 14.0 Å². The molecule has 0 radical (unpaired) electrons. The van der Waals surface area contributed by atoms with Gasteiger partial charge in [0.05, 0.1) is 18.6 Å². The normalized spacial score (nSPS) is 15.8. The number of aromatic nitrogens is 2. The summed E-state index contributed by atoms with van der Waals surface area (Å²) in [7, 11) is 1.47. The van der Waals surface area contributed by atoms with E-state index in [4.69, 9.17) is 9.47 Å². The van der Waals surface area contributed by atoms with Gasteiger partial charge in [-0.15, -0.1) is 0 Å². The number of carbonyl (C=O) groups excluding carboxylic acids is 2. The number of carbonyl (C=O) groups is 2. The quantitative estimate of drug-likeness (QED) is 0.745. The Morgan fingerprint density at radius 3 is 2.52 bits per heavy atom. The van der Waals surface area contributed by atoms with E-state index in [1.807, 2.05) is 0 Å². The number of benzene rings is 1. The average Bonchev–Trinajstić information content (AvgIpc) is 2.64. The summed E-state index contributed by atoms with van der Waals surface area (Å²) in [6.07, 6.45) is -0.941. The number of esters is 1. The smallest absolute Gasteiger partial charge is 0.360 e. The highest BCUT2D eigenvalue weighted by atomic mass is 16.5. The van der Waals surface area contributed by atoms with Gasteiger partial charge in [0.1, 0.15) is 0 Å². The fraction of sp³-hybridized carbons (Fsp3) is 0.412. The van der Waals surface area contributed by atoms with Crippen LogP contribution in [0.25, 0.3) is 10.8 Å². The molecule has 1 aliphatic rings. The van der Waals surface area contributed by atoms with Crippen LogP contribution in [0.5, 0.6) is 0 Å². The van der Waals surface area contributed by atoms with Crippen molar-refractivity contribution in [1.82, 2.24) is 14.7 Å². The predicted octanol–water partition coefficient (Wildman–Crippen LogP) is 0.338. The summed E-state index contributed by atoms with van der Waals surface area (Å²) in [6.45, 7) is 3.42. The first kappa shape index (κ1) is 17.1. The summed E-state index contributed by atoms with van der Waals surface area (Å²) >= 11 is 0. The summed E-state index contributed by atoms with van der Waals surface area (Å²) in [6, 6.07) is 6.68. The molecule has 1 atom stereocenters. The Bertz CT molecular complexity index is 870. The summed E-state index contributed by atoms with van der Waals surface area (Å²) in [5.41, 5.74) is -0.288. The maximum absolute atomic E-state index is 12.5. The lowest BCUT2D eigenvalue weighted by molar-refractivity contribution is -0.143. The number of hydrogen-bond acceptors (Lipinski definition) is 6. The number of ether oxygens (including phenoxy) is 2. The second kappa shape index (κ2) is 7.02. The number of nitrogens with zero attached hydrogens (tertiary/aromatic N) is 3. The van der Waals surface area contributed by atoms with Crippen molar-refractivity contribution in [3.05, 3.63) is 40.3 Å². The van der Waals surface area contributed by atoms with Crippen molar-refractivity contribution in [3.8, 4) is 0 Å². The maximum Gasteiger partial charge on any atom is 0.360 e. The molecule has 1 aromatic carbocycles. The van der Waals surface area contributed by atoms with Crippen LogP contribution in [-0.4, -0.2) is 59.0 Å². The lowest BCUT2D eigenvalue weighted by atomic mass is 10.1. The van der Waals surface area contributed by atoms with Crippen molar-refractivity contribution in [2.24, 2.45) is 7.05 Å². The zero-order valence-electron chi connectivity index (χ0n) is 14.1. The van der Waals surface area contributed by atoms with E-state index in [9.17, 15) is 14.4 Å². The first-order valence-electron chi connectivity index (χ1n) is 8.02. The highest BCUT2D eigenvalue weighted by Crippen LogP contribution is 2.15. The van der Waals surface area contributed by atoms with Crippen molar-refractivity contribution in [1.29, 1.82) is 0 Å². The lowest BCUT2D eigenvalue weighted by Crippen LogP contribution is -2.46. The standard InChI is InChI=1S/C17H19N3O5/c1-11(15(21)20-7-9-24-10-8-20)25-17(23)14-12-5-3-4-6-13(12)16(22)19(2)18-14/h3-6,11H,7-10H2,1-2H3. The number of hydrogen-bond donors (Lipinski definition) is 0. The molecule has 0 bridgehead atoms. The molecule has 1 saturated heterocycles. The van der Waals surface area contributed by atoms with E-state index in [1.54, 1.807) is 29.2 Å². The molecule has 0 spiro atoms. The molecule has 25 heavy (non-hydrogen) atoms. The van der Waals surface area contributed by atoms with Crippen LogP contribution >= 0.6 is 0 Å². The maximum atomic E-state index is 12.5. The van der Waals surface area contributed by atoms with Crippen molar-refractivity contribution in [2.75, 3.05) is 26.3 Å². The van der Waals surface area contributed by atoms with Crippen LogP contribution < -0.4 is 5.56 Å². The molecule has 1 aromatic heterocycles. The van der Waals surface area contributed by atoms with E-state index in [0.29, 0.717) is 37.1 Å². The van der Waals surface area contributed by atoms with Gasteiger partial charge in [0.2, 0.25) is 0 Å². The molecule has 8 heteroatoms. The number of aryl methyl sites for hydroxylation is 1. The van der Waals surface area contributed by atoms with E-state index in [2.05, 4.69) is 5.10 Å². The van der Waals surface area contributed by atoms with Crippen LogP contribution in [0.1, 0.15) is 17.4 Å². The Balaban J connectivity index is 1.84. The number of rotatable bonds is 3. The molecule has 8 nitrogen and oxygen atoms in total. The Kier molecular flexibility index (Phi) is 4.80. The molecule has 1 fully saturated rings. The van der Waals surface area contributed by atoms with Gasteiger partial charge in [-0.25, -0.2) is 9.48 Å². The molecule has 2 heterocycles. The van der Waals surface area contributed by atoms with Crippen molar-refractivity contribution in [3.63, 3.8) is 0 Å². The van der Waals surface area contributed by atoms with Crippen LogP contribution in [0.4, 0.5) is 0 Å². The van der Waals surface area contributed by atoms with Gasteiger partial charge in [-0.05, 0) is 13.0 Å². The molecule has 2 aromatic rings. The van der Waals surface area contributed by atoms with Crippen LogP contribution in [-0.2, 0) is 21.3 Å². The minimum absolute atomic E-state index is 0.0133. The first-order chi connectivity index (χ1) is 12.0. The molecule has 1 unspecified atom stereocenters. The van der Waals surface area contributed by atoms with E-state index in [0.717, 1.165) is 4.68 Å². The van der Waals surface area contributed by atoms with Crippen LogP contribution in [0.3, 0.4) is 0 Å². The third kappa shape index (κ3) is 3.39. The number of amides is 1. The second-order valence-electron chi connectivity index (χ2n) is 5.81. The van der Waals surface area contributed by atoms with E-state index < -0.39 is 12.1 Å². The van der Waals surface area contributed by atoms with Gasteiger partial charge in [0.25, 0.3) is 11.5 Å². The second-order valence-corrected chi connectivity index (χ2v) is 5.81. The summed E-state index contributed by atoms with van der Waals surface area (Å²) in [4.78, 5) is 38.6. The molecule has 1 aliphatic heterocycles. The highest BCUT2D eigenvalue weighted by Gasteiger charge is 2.27. The number of morpholine rings is 1. The fourth-order valence-electron chi connectivity index (χ4n) is 2.76. The molecular formula is C17H19N3O5. The molecule has 0 saturated carbocycles. The van der Waals surface area contributed by atoms with Crippen LogP contribution in [0.15, 0.2) is 29.1 Å². The van der Waals surface area contributed by atoms with Gasteiger partial charge in [-0.3, -0.25) is 9.59 Å². The van der Waals surface area contributed by atoms with Gasteiger partial charge in [0, 0.05) is 25.5 Å². The van der Waals surface area contributed by atoms with E-state index >= 15 is 0 Å². The SMILES string of the molecule is CC(OC(=O)c1nn(C)c(=O)c2ccccc12)C(=O)N1CCOCC1. The minimum Gasteiger partial charge on any atom is -0.448 e. The monoisotopic (exact) mass is 345 g/mol. The van der Waals surface area contributed by atoms with Crippen molar-refractivity contribution >= 4 is 22.6 Å². The molecule has 132 valence electrons. The molecular weight excluding hydrogens is 326 g/mol. The minimum atomic E-state index is -0.941. The summed E-state index contributed by atoms with van der Waals surface area (Å²) in [5.74, 6) is -1.01. The predicted molar refractivity (Wildman–Crippen MR) is 89.3 cm³/mol. The zero-order chi connectivity index (χ0) is 18.0. The summed E-state index contributed by atoms with van der Waals surface area (Å²) in [5, 5.41) is 4.79. The largest absolute Gasteiger partial charge is 0.448 e. The van der Waals surface area contributed by atoms with Gasteiger partial charge in [0.15, 0.2) is 11.8 Å². The molecule has 1 amide bonds. The van der Waals surface area contributed by atoms with Crippen molar-refractivity contribution in [2.45, 2.75) is 13.0 Å². The topological polar surface area (TPSA) is 90.7 Å². The third-order valence-electron chi connectivity index (χ3n) is 4.10. The fourth-order valence-corrected chi connectivity index (χ4v) is 2.76. The van der Waals surface area contributed by atoms with Crippen molar-refractivity contribution < 1.29 is 19.1 Å². The van der Waals surface area contributed by atoms with Crippen LogP contribution in [0, 0.1) is 0 Å². The molecule has 0 N–H and O–H groups in total. The Hall–Kier alpha value is -2.74. The molecule has 0 aliphatic carbocycles. The number of fused-ring (bicyclic) bond motifs is 1. The molecule has 3 rings (SSSR count). The highest BCUT2D eigenvalue weighted by molar-refractivity contribution is 6.02. The van der Waals surface area contributed by atoms with E-state index in [-0.39, 0.29) is 17.2 Å². The third-order valence-corrected chi connectivity index (χ3v) is 4.10. The Labute approximate surface area is 143 Å². The van der Waals surface area contributed by atoms with Gasteiger partial charge in [-0.2, -0.15) is 5.10 Å². The van der Waals surface area contributed by atoms with Crippen LogP contribution in [0.2, 0.25) is 0 Å². The zero-order valence-corrected chi connectivity index (χ0v) is 14.1.